The molecule has 0 aliphatic heterocycles. The van der Waals surface area contributed by atoms with E-state index in [0.717, 1.165) is 22.2 Å². The van der Waals surface area contributed by atoms with Crippen molar-refractivity contribution >= 4 is 23.7 Å². The molecule has 152 valence electrons. The highest BCUT2D eigenvalue weighted by atomic mass is 32.2. The van der Waals surface area contributed by atoms with Crippen molar-refractivity contribution in [3.05, 3.63) is 17.7 Å². The third kappa shape index (κ3) is 7.33. The number of esters is 1. The Bertz CT molecular complexity index is 663. The van der Waals surface area contributed by atoms with Crippen LogP contribution in [0.15, 0.2) is 17.0 Å². The molecule has 0 saturated carbocycles. The molecule has 0 unspecified atom stereocenters. The van der Waals surface area contributed by atoms with E-state index in [1.165, 1.54) is 0 Å². The average Bonchev–Trinajstić information content (AvgIpc) is 2.52. The molecular formula is C20H30O6S. The van der Waals surface area contributed by atoms with Crippen molar-refractivity contribution in [3.8, 4) is 11.5 Å². The molecule has 7 heteroatoms. The lowest BCUT2D eigenvalue weighted by Crippen LogP contribution is -2.28. The lowest BCUT2D eigenvalue weighted by Gasteiger charge is -2.22. The number of carboxylic acids is 1. The number of aliphatic carboxylic acids is 1. The van der Waals surface area contributed by atoms with Gasteiger partial charge in [-0.1, -0.05) is 13.8 Å². The summed E-state index contributed by atoms with van der Waals surface area (Å²) < 4.78 is 16.2. The van der Waals surface area contributed by atoms with Gasteiger partial charge >= 0.3 is 11.9 Å². The maximum Gasteiger partial charge on any atom is 0.317 e. The minimum absolute atomic E-state index is 0.216. The molecule has 0 radical (unpaired) electrons. The molecule has 0 bridgehead atoms. The highest BCUT2D eigenvalue weighted by Crippen LogP contribution is 2.41. The molecule has 0 amide bonds. The first-order chi connectivity index (χ1) is 12.5. The van der Waals surface area contributed by atoms with E-state index in [2.05, 4.69) is 13.8 Å². The molecule has 1 atom stereocenters. The van der Waals surface area contributed by atoms with Gasteiger partial charge in [0.25, 0.3) is 0 Å². The second-order valence-electron chi connectivity index (χ2n) is 7.61. The fourth-order valence-electron chi connectivity index (χ4n) is 2.55. The third-order valence-electron chi connectivity index (χ3n) is 3.53. The fraction of sp³-hybridized carbons (Fsp3) is 0.600. The van der Waals surface area contributed by atoms with Crippen LogP contribution >= 0.6 is 11.8 Å². The highest BCUT2D eigenvalue weighted by molar-refractivity contribution is 8.00. The zero-order valence-corrected chi connectivity index (χ0v) is 17.9. The number of benzene rings is 1. The molecule has 1 aromatic carbocycles. The van der Waals surface area contributed by atoms with Crippen molar-refractivity contribution in [1.82, 2.24) is 0 Å². The van der Waals surface area contributed by atoms with Gasteiger partial charge in [0, 0.05) is 10.5 Å². The van der Waals surface area contributed by atoms with Crippen LogP contribution in [0, 0.1) is 5.92 Å². The Morgan fingerprint density at radius 3 is 2.22 bits per heavy atom. The standard InChI is InChI=1S/C20H30O6S/c1-12(2)10-13-15(9-8-14(24-6)18(13)25-7)27-16(19(22)23)11-17(21)26-20(3,4)5/h8-9,12,16H,10-11H2,1-7H3,(H,22,23)/t16-/m0/s1. The number of ether oxygens (including phenoxy) is 3. The van der Waals surface area contributed by atoms with Gasteiger partial charge in [-0.2, -0.15) is 0 Å². The molecular weight excluding hydrogens is 368 g/mol. The molecule has 0 aliphatic rings. The first-order valence-corrected chi connectivity index (χ1v) is 9.71. The fourth-order valence-corrected chi connectivity index (χ4v) is 3.64. The van der Waals surface area contributed by atoms with Gasteiger partial charge in [0.05, 0.1) is 20.6 Å². The molecule has 1 aromatic rings. The van der Waals surface area contributed by atoms with Crippen LogP contribution in [0.25, 0.3) is 0 Å². The summed E-state index contributed by atoms with van der Waals surface area (Å²) in [5.74, 6) is -0.0713. The van der Waals surface area contributed by atoms with Crippen LogP contribution in [0.3, 0.4) is 0 Å². The van der Waals surface area contributed by atoms with Crippen molar-refractivity contribution in [2.75, 3.05) is 14.2 Å². The Kier molecular flexibility index (Phi) is 8.47. The number of hydrogen-bond donors (Lipinski definition) is 1. The van der Waals surface area contributed by atoms with Crippen molar-refractivity contribution < 1.29 is 28.9 Å². The number of thioether (sulfide) groups is 1. The first-order valence-electron chi connectivity index (χ1n) is 8.83. The second kappa shape index (κ2) is 9.88. The Balaban J connectivity index is 3.18. The molecule has 0 aliphatic carbocycles. The van der Waals surface area contributed by atoms with E-state index < -0.39 is 22.8 Å². The Morgan fingerprint density at radius 1 is 1.15 bits per heavy atom. The molecule has 27 heavy (non-hydrogen) atoms. The lowest BCUT2D eigenvalue weighted by atomic mass is 10.0. The summed E-state index contributed by atoms with van der Waals surface area (Å²) in [5, 5.41) is 8.64. The number of hydrogen-bond acceptors (Lipinski definition) is 6. The molecule has 0 fully saturated rings. The largest absolute Gasteiger partial charge is 0.493 e. The number of carboxylic acid groups (broad SMARTS) is 1. The van der Waals surface area contributed by atoms with E-state index in [1.54, 1.807) is 41.1 Å². The smallest absolute Gasteiger partial charge is 0.317 e. The van der Waals surface area contributed by atoms with Gasteiger partial charge in [0.1, 0.15) is 10.9 Å². The molecule has 0 saturated heterocycles. The molecule has 1 N–H and O–H groups in total. The molecule has 0 heterocycles. The van der Waals surface area contributed by atoms with Gasteiger partial charge in [-0.3, -0.25) is 9.59 Å². The van der Waals surface area contributed by atoms with Crippen LogP contribution < -0.4 is 9.47 Å². The predicted octanol–water partition coefficient (Wildman–Crippen LogP) is 4.18. The van der Waals surface area contributed by atoms with Crippen LogP contribution in [-0.4, -0.2) is 42.1 Å². The summed E-state index contributed by atoms with van der Waals surface area (Å²) >= 11 is 1.13. The SMILES string of the molecule is COc1ccc(S[C@@H](CC(=O)OC(C)(C)C)C(=O)O)c(CC(C)C)c1OC. The van der Waals surface area contributed by atoms with Gasteiger partial charge < -0.3 is 19.3 Å². The van der Waals surface area contributed by atoms with Crippen LogP contribution in [0.1, 0.15) is 46.6 Å². The molecule has 6 nitrogen and oxygen atoms in total. The van der Waals surface area contributed by atoms with Gasteiger partial charge in [0.15, 0.2) is 11.5 Å². The summed E-state index contributed by atoms with van der Waals surface area (Å²) in [7, 11) is 3.12. The Morgan fingerprint density at radius 2 is 1.78 bits per heavy atom. The number of rotatable bonds is 9. The monoisotopic (exact) mass is 398 g/mol. The minimum Gasteiger partial charge on any atom is -0.493 e. The van der Waals surface area contributed by atoms with Crippen LogP contribution in [0.5, 0.6) is 11.5 Å². The van der Waals surface area contributed by atoms with E-state index in [1.807, 2.05) is 6.07 Å². The van der Waals surface area contributed by atoms with Crippen molar-refractivity contribution in [3.63, 3.8) is 0 Å². The van der Waals surface area contributed by atoms with Gasteiger partial charge in [-0.15, -0.1) is 11.8 Å². The Labute approximate surface area is 165 Å². The van der Waals surface area contributed by atoms with Gasteiger partial charge in [-0.05, 0) is 45.2 Å². The summed E-state index contributed by atoms with van der Waals surface area (Å²) in [6.45, 7) is 9.40. The Hall–Kier alpha value is -1.89. The predicted molar refractivity (Wildman–Crippen MR) is 106 cm³/mol. The van der Waals surface area contributed by atoms with Crippen molar-refractivity contribution in [2.45, 2.75) is 63.2 Å². The number of carbonyl (C=O) groups is 2. The van der Waals surface area contributed by atoms with E-state index >= 15 is 0 Å². The average molecular weight is 399 g/mol. The second-order valence-corrected chi connectivity index (χ2v) is 8.86. The van der Waals surface area contributed by atoms with Crippen LogP contribution in [0.2, 0.25) is 0 Å². The highest BCUT2D eigenvalue weighted by Gasteiger charge is 2.28. The molecule has 1 rings (SSSR count). The van der Waals surface area contributed by atoms with E-state index in [9.17, 15) is 14.7 Å². The molecule has 0 spiro atoms. The summed E-state index contributed by atoms with van der Waals surface area (Å²) in [6, 6.07) is 3.56. The maximum atomic E-state index is 12.1. The van der Waals surface area contributed by atoms with Crippen molar-refractivity contribution in [2.24, 2.45) is 5.92 Å². The topological polar surface area (TPSA) is 82.1 Å². The minimum atomic E-state index is -1.06. The van der Waals surface area contributed by atoms with E-state index in [-0.39, 0.29) is 6.42 Å². The zero-order valence-electron chi connectivity index (χ0n) is 17.1. The summed E-state index contributed by atoms with van der Waals surface area (Å²) in [4.78, 5) is 24.6. The number of carbonyl (C=O) groups excluding carboxylic acids is 1. The lowest BCUT2D eigenvalue weighted by molar-refractivity contribution is -0.156. The number of methoxy groups -OCH3 is 2. The van der Waals surface area contributed by atoms with Crippen molar-refractivity contribution in [1.29, 1.82) is 0 Å². The quantitative estimate of drug-likeness (QED) is 0.493. The third-order valence-corrected chi connectivity index (χ3v) is 4.82. The van der Waals surface area contributed by atoms with Crippen LogP contribution in [-0.2, 0) is 20.7 Å². The summed E-state index contributed by atoms with van der Waals surface area (Å²) in [5.41, 5.74) is 0.226. The van der Waals surface area contributed by atoms with E-state index in [4.69, 9.17) is 14.2 Å². The zero-order chi connectivity index (χ0) is 20.8. The maximum absolute atomic E-state index is 12.1. The normalized spacial score (nSPS) is 12.6. The first kappa shape index (κ1) is 23.1. The van der Waals surface area contributed by atoms with Crippen LogP contribution in [0.4, 0.5) is 0 Å². The summed E-state index contributed by atoms with van der Waals surface area (Å²) in [6.07, 6.45) is 0.480. The van der Waals surface area contributed by atoms with Gasteiger partial charge in [-0.25, -0.2) is 0 Å². The molecule has 0 aromatic heterocycles. The van der Waals surface area contributed by atoms with E-state index in [0.29, 0.717) is 23.8 Å². The van der Waals surface area contributed by atoms with Gasteiger partial charge in [0.2, 0.25) is 0 Å².